The number of carbonyl (C=O) groups excluding carboxylic acids is 1. The average molecular weight is 338 g/mol. The number of amides is 1. The number of aromatic nitrogens is 2. The molecule has 1 saturated heterocycles. The van der Waals surface area contributed by atoms with Crippen molar-refractivity contribution in [1.29, 1.82) is 0 Å². The van der Waals surface area contributed by atoms with Crippen LogP contribution in [0.4, 0.5) is 0 Å². The standard InChI is InChI=1S/C16H20ClN3O3/c1-22-8-9-23-14-3-5-19(6-4-14)16(21)15-11-13-10-12(17)2-7-20(13)18-15/h2,7,10-11,14H,3-6,8-9H2,1H3. The number of halogens is 1. The molecular weight excluding hydrogens is 318 g/mol. The summed E-state index contributed by atoms with van der Waals surface area (Å²) < 4.78 is 12.4. The molecule has 3 heterocycles. The van der Waals surface area contributed by atoms with E-state index in [2.05, 4.69) is 5.10 Å². The molecule has 6 nitrogen and oxygen atoms in total. The molecule has 1 fully saturated rings. The van der Waals surface area contributed by atoms with Crippen molar-refractivity contribution in [2.75, 3.05) is 33.4 Å². The van der Waals surface area contributed by atoms with Crippen LogP contribution in [-0.2, 0) is 9.47 Å². The van der Waals surface area contributed by atoms with Gasteiger partial charge < -0.3 is 14.4 Å². The van der Waals surface area contributed by atoms with E-state index in [9.17, 15) is 4.79 Å². The fourth-order valence-corrected chi connectivity index (χ4v) is 2.93. The highest BCUT2D eigenvalue weighted by Gasteiger charge is 2.25. The van der Waals surface area contributed by atoms with Crippen molar-refractivity contribution in [3.8, 4) is 0 Å². The van der Waals surface area contributed by atoms with E-state index in [4.69, 9.17) is 21.1 Å². The molecule has 0 saturated carbocycles. The molecular formula is C16H20ClN3O3. The van der Waals surface area contributed by atoms with Gasteiger partial charge in [-0.15, -0.1) is 0 Å². The van der Waals surface area contributed by atoms with Gasteiger partial charge in [-0.2, -0.15) is 5.10 Å². The molecule has 23 heavy (non-hydrogen) atoms. The Morgan fingerprint density at radius 3 is 2.87 bits per heavy atom. The lowest BCUT2D eigenvalue weighted by Gasteiger charge is -2.31. The lowest BCUT2D eigenvalue weighted by atomic mass is 10.1. The number of methoxy groups -OCH3 is 1. The second-order valence-electron chi connectivity index (χ2n) is 5.60. The average Bonchev–Trinajstić information content (AvgIpc) is 2.98. The van der Waals surface area contributed by atoms with Crippen LogP contribution >= 0.6 is 11.6 Å². The fourth-order valence-electron chi connectivity index (χ4n) is 2.76. The number of hydrogen-bond acceptors (Lipinski definition) is 4. The Labute approximate surface area is 139 Å². The summed E-state index contributed by atoms with van der Waals surface area (Å²) in [4.78, 5) is 14.4. The molecule has 0 unspecified atom stereocenters. The van der Waals surface area contributed by atoms with Crippen LogP contribution in [0, 0.1) is 0 Å². The monoisotopic (exact) mass is 337 g/mol. The first-order valence-electron chi connectivity index (χ1n) is 7.72. The predicted molar refractivity (Wildman–Crippen MR) is 87.0 cm³/mol. The normalized spacial score (nSPS) is 16.2. The molecule has 0 spiro atoms. The van der Waals surface area contributed by atoms with Gasteiger partial charge in [0, 0.05) is 31.4 Å². The highest BCUT2D eigenvalue weighted by molar-refractivity contribution is 6.30. The second kappa shape index (κ2) is 7.29. The molecule has 0 aliphatic carbocycles. The van der Waals surface area contributed by atoms with E-state index in [1.165, 1.54) is 0 Å². The minimum Gasteiger partial charge on any atom is -0.382 e. The van der Waals surface area contributed by atoms with Crippen LogP contribution in [0.2, 0.25) is 5.02 Å². The first kappa shape index (κ1) is 16.2. The maximum Gasteiger partial charge on any atom is 0.274 e. The van der Waals surface area contributed by atoms with Gasteiger partial charge in [-0.3, -0.25) is 4.79 Å². The number of piperidine rings is 1. The number of ether oxygens (including phenoxy) is 2. The molecule has 0 radical (unpaired) electrons. The van der Waals surface area contributed by atoms with Crippen LogP contribution in [0.25, 0.3) is 5.52 Å². The zero-order valence-electron chi connectivity index (χ0n) is 13.1. The Morgan fingerprint density at radius 1 is 1.35 bits per heavy atom. The molecule has 7 heteroatoms. The molecule has 1 aliphatic rings. The molecule has 0 N–H and O–H groups in total. The third kappa shape index (κ3) is 3.83. The quantitative estimate of drug-likeness (QED) is 0.785. The lowest BCUT2D eigenvalue weighted by molar-refractivity contribution is -0.0123. The SMILES string of the molecule is COCCOC1CCN(C(=O)c2cc3cc(Cl)ccn3n2)CC1. The third-order valence-electron chi connectivity index (χ3n) is 4.01. The number of likely N-dealkylation sites (tertiary alicyclic amines) is 1. The minimum absolute atomic E-state index is 0.0415. The summed E-state index contributed by atoms with van der Waals surface area (Å²) in [7, 11) is 1.66. The number of nitrogens with zero attached hydrogens (tertiary/aromatic N) is 3. The van der Waals surface area contributed by atoms with Gasteiger partial charge in [-0.1, -0.05) is 11.6 Å². The lowest BCUT2D eigenvalue weighted by Crippen LogP contribution is -2.41. The van der Waals surface area contributed by atoms with E-state index in [-0.39, 0.29) is 12.0 Å². The number of carbonyl (C=O) groups is 1. The number of pyridine rings is 1. The number of rotatable bonds is 5. The Balaban J connectivity index is 1.60. The Hall–Kier alpha value is -1.63. The molecule has 1 aliphatic heterocycles. The number of hydrogen-bond donors (Lipinski definition) is 0. The van der Waals surface area contributed by atoms with Gasteiger partial charge in [0.05, 0.1) is 24.8 Å². The Bertz CT molecular complexity index is 680. The van der Waals surface area contributed by atoms with Crippen LogP contribution in [0.3, 0.4) is 0 Å². The van der Waals surface area contributed by atoms with Gasteiger partial charge in [0.2, 0.25) is 0 Å². The highest BCUT2D eigenvalue weighted by atomic mass is 35.5. The summed E-state index contributed by atoms with van der Waals surface area (Å²) in [5.41, 5.74) is 1.27. The summed E-state index contributed by atoms with van der Waals surface area (Å²) in [6.45, 7) is 2.57. The summed E-state index contributed by atoms with van der Waals surface area (Å²) in [5.74, 6) is -0.0415. The summed E-state index contributed by atoms with van der Waals surface area (Å²) in [6.07, 6.45) is 3.64. The summed E-state index contributed by atoms with van der Waals surface area (Å²) in [5, 5.41) is 4.96. The molecule has 0 aromatic carbocycles. The number of fused-ring (bicyclic) bond motifs is 1. The van der Waals surface area contributed by atoms with Crippen LogP contribution in [-0.4, -0.2) is 59.9 Å². The van der Waals surface area contributed by atoms with Gasteiger partial charge in [-0.25, -0.2) is 4.52 Å². The highest BCUT2D eigenvalue weighted by Crippen LogP contribution is 2.18. The van der Waals surface area contributed by atoms with E-state index in [1.807, 2.05) is 4.90 Å². The van der Waals surface area contributed by atoms with Crippen molar-refractivity contribution in [2.45, 2.75) is 18.9 Å². The van der Waals surface area contributed by atoms with Crippen LogP contribution in [0.15, 0.2) is 24.4 Å². The van der Waals surface area contributed by atoms with Gasteiger partial charge in [-0.05, 0) is 31.0 Å². The van der Waals surface area contributed by atoms with Crippen molar-refractivity contribution in [2.24, 2.45) is 0 Å². The topological polar surface area (TPSA) is 56.1 Å². The minimum atomic E-state index is -0.0415. The van der Waals surface area contributed by atoms with Crippen molar-refractivity contribution in [3.63, 3.8) is 0 Å². The summed E-state index contributed by atoms with van der Waals surface area (Å²) in [6, 6.07) is 5.31. The first-order chi connectivity index (χ1) is 11.2. The van der Waals surface area contributed by atoms with Gasteiger partial charge in [0.15, 0.2) is 5.69 Å². The van der Waals surface area contributed by atoms with Crippen molar-refractivity contribution >= 4 is 23.0 Å². The first-order valence-corrected chi connectivity index (χ1v) is 8.10. The Morgan fingerprint density at radius 2 is 2.13 bits per heavy atom. The van der Waals surface area contributed by atoms with E-state index >= 15 is 0 Å². The van der Waals surface area contributed by atoms with E-state index < -0.39 is 0 Å². The Kier molecular flexibility index (Phi) is 5.15. The molecule has 0 bridgehead atoms. The molecule has 3 rings (SSSR count). The van der Waals surface area contributed by atoms with Gasteiger partial charge in [0.1, 0.15) is 0 Å². The smallest absolute Gasteiger partial charge is 0.274 e. The van der Waals surface area contributed by atoms with Crippen molar-refractivity contribution in [3.05, 3.63) is 35.1 Å². The maximum atomic E-state index is 12.6. The maximum absolute atomic E-state index is 12.6. The molecule has 2 aromatic rings. The van der Waals surface area contributed by atoms with Gasteiger partial charge >= 0.3 is 0 Å². The molecule has 2 aromatic heterocycles. The molecule has 0 atom stereocenters. The zero-order valence-corrected chi connectivity index (χ0v) is 13.8. The summed E-state index contributed by atoms with van der Waals surface area (Å²) >= 11 is 5.97. The molecule has 124 valence electrons. The van der Waals surface area contributed by atoms with E-state index in [1.54, 1.807) is 36.0 Å². The predicted octanol–water partition coefficient (Wildman–Crippen LogP) is 2.26. The zero-order chi connectivity index (χ0) is 16.2. The largest absolute Gasteiger partial charge is 0.382 e. The third-order valence-corrected chi connectivity index (χ3v) is 4.25. The van der Waals surface area contributed by atoms with Crippen molar-refractivity contribution < 1.29 is 14.3 Å². The fraction of sp³-hybridized carbons (Fsp3) is 0.500. The van der Waals surface area contributed by atoms with Crippen LogP contribution < -0.4 is 0 Å². The van der Waals surface area contributed by atoms with E-state index in [0.717, 1.165) is 18.4 Å². The van der Waals surface area contributed by atoms with Gasteiger partial charge in [0.25, 0.3) is 5.91 Å². The van der Waals surface area contributed by atoms with E-state index in [0.29, 0.717) is 37.0 Å². The van der Waals surface area contributed by atoms with Crippen LogP contribution in [0.1, 0.15) is 23.3 Å². The van der Waals surface area contributed by atoms with Crippen molar-refractivity contribution in [1.82, 2.24) is 14.5 Å². The van der Waals surface area contributed by atoms with Crippen LogP contribution in [0.5, 0.6) is 0 Å². The molecule has 1 amide bonds. The second-order valence-corrected chi connectivity index (χ2v) is 6.04.